The van der Waals surface area contributed by atoms with Crippen molar-refractivity contribution >= 4 is 27.4 Å². The number of halogens is 1. The molecular weight excluding hydrogens is 282 g/mol. The van der Waals surface area contributed by atoms with Crippen LogP contribution in [0, 0.1) is 0 Å². The molecule has 0 fully saturated rings. The van der Waals surface area contributed by atoms with Gasteiger partial charge in [0, 0.05) is 28.3 Å². The van der Waals surface area contributed by atoms with E-state index in [1.165, 1.54) is 0 Å². The van der Waals surface area contributed by atoms with E-state index in [-0.39, 0.29) is 12.4 Å². The molecule has 0 aliphatic rings. The van der Waals surface area contributed by atoms with Crippen molar-refractivity contribution in [2.75, 3.05) is 18.1 Å². The van der Waals surface area contributed by atoms with Gasteiger partial charge in [0.2, 0.25) is 0 Å². The SMILES string of the molecule is CC(=O)c1ccc(N(CCO)C(C)C)cc1Br. The van der Waals surface area contributed by atoms with Gasteiger partial charge < -0.3 is 10.0 Å². The number of ketones is 1. The minimum absolute atomic E-state index is 0.0432. The van der Waals surface area contributed by atoms with E-state index in [0.29, 0.717) is 18.2 Å². The fourth-order valence-corrected chi connectivity index (χ4v) is 2.41. The van der Waals surface area contributed by atoms with Crippen molar-refractivity contribution in [1.82, 2.24) is 0 Å². The quantitative estimate of drug-likeness (QED) is 0.850. The summed E-state index contributed by atoms with van der Waals surface area (Å²) in [5.74, 6) is 0.0432. The zero-order valence-corrected chi connectivity index (χ0v) is 12.0. The average Bonchev–Trinajstić information content (AvgIpc) is 2.24. The first-order valence-corrected chi connectivity index (χ1v) is 6.44. The van der Waals surface area contributed by atoms with E-state index >= 15 is 0 Å². The Bertz CT molecular complexity index is 404. The van der Waals surface area contributed by atoms with Gasteiger partial charge in [0.15, 0.2) is 5.78 Å². The molecule has 0 bridgehead atoms. The van der Waals surface area contributed by atoms with Gasteiger partial charge in [-0.05, 0) is 54.9 Å². The standard InChI is InChI=1S/C13H18BrNO2/c1-9(2)15(6-7-16)11-4-5-12(10(3)17)13(14)8-11/h4-5,8-9,16H,6-7H2,1-3H3. The van der Waals surface area contributed by atoms with Gasteiger partial charge in [0.1, 0.15) is 0 Å². The van der Waals surface area contributed by atoms with E-state index in [1.54, 1.807) is 6.92 Å². The van der Waals surface area contributed by atoms with E-state index in [2.05, 4.69) is 34.7 Å². The van der Waals surface area contributed by atoms with E-state index in [0.717, 1.165) is 10.2 Å². The first-order valence-electron chi connectivity index (χ1n) is 5.65. The van der Waals surface area contributed by atoms with Crippen LogP contribution in [0.25, 0.3) is 0 Å². The molecule has 0 amide bonds. The minimum Gasteiger partial charge on any atom is -0.395 e. The zero-order chi connectivity index (χ0) is 13.0. The van der Waals surface area contributed by atoms with Crippen molar-refractivity contribution in [2.24, 2.45) is 0 Å². The van der Waals surface area contributed by atoms with Crippen LogP contribution in [0.4, 0.5) is 5.69 Å². The summed E-state index contributed by atoms with van der Waals surface area (Å²) < 4.78 is 0.797. The Morgan fingerprint density at radius 2 is 2.12 bits per heavy atom. The van der Waals surface area contributed by atoms with Crippen LogP contribution in [0.3, 0.4) is 0 Å². The lowest BCUT2D eigenvalue weighted by Gasteiger charge is -2.28. The Balaban J connectivity index is 3.06. The normalized spacial score (nSPS) is 10.7. The molecule has 0 heterocycles. The highest BCUT2D eigenvalue weighted by molar-refractivity contribution is 9.10. The van der Waals surface area contributed by atoms with Crippen molar-refractivity contribution in [3.63, 3.8) is 0 Å². The van der Waals surface area contributed by atoms with Gasteiger partial charge in [-0.1, -0.05) is 0 Å². The fourth-order valence-electron chi connectivity index (χ4n) is 1.76. The molecule has 0 atom stereocenters. The smallest absolute Gasteiger partial charge is 0.160 e. The molecular formula is C13H18BrNO2. The molecule has 0 saturated carbocycles. The van der Waals surface area contributed by atoms with E-state index in [1.807, 2.05) is 18.2 Å². The minimum atomic E-state index is 0.0432. The van der Waals surface area contributed by atoms with Gasteiger partial charge in [0.05, 0.1) is 6.61 Å². The third-order valence-electron chi connectivity index (χ3n) is 2.63. The second kappa shape index (κ2) is 6.17. The number of nitrogens with zero attached hydrogens (tertiary/aromatic N) is 1. The van der Waals surface area contributed by atoms with Gasteiger partial charge in [-0.2, -0.15) is 0 Å². The van der Waals surface area contributed by atoms with Gasteiger partial charge in [-0.25, -0.2) is 0 Å². The number of Topliss-reactive ketones (excluding diaryl/α,β-unsaturated/α-hetero) is 1. The summed E-state index contributed by atoms with van der Waals surface area (Å²) in [6.07, 6.45) is 0. The van der Waals surface area contributed by atoms with Crippen molar-refractivity contribution in [2.45, 2.75) is 26.8 Å². The van der Waals surface area contributed by atoms with Crippen LogP contribution in [0.15, 0.2) is 22.7 Å². The molecule has 1 aromatic rings. The highest BCUT2D eigenvalue weighted by Crippen LogP contribution is 2.25. The number of anilines is 1. The largest absolute Gasteiger partial charge is 0.395 e. The summed E-state index contributed by atoms with van der Waals surface area (Å²) in [4.78, 5) is 13.4. The van der Waals surface area contributed by atoms with E-state index in [9.17, 15) is 4.79 Å². The maximum Gasteiger partial charge on any atom is 0.160 e. The summed E-state index contributed by atoms with van der Waals surface area (Å²) >= 11 is 3.41. The van der Waals surface area contributed by atoms with Gasteiger partial charge >= 0.3 is 0 Å². The lowest BCUT2D eigenvalue weighted by Crippen LogP contribution is -2.33. The summed E-state index contributed by atoms with van der Waals surface area (Å²) in [6.45, 7) is 6.40. The van der Waals surface area contributed by atoms with Crippen LogP contribution in [-0.2, 0) is 0 Å². The summed E-state index contributed by atoms with van der Waals surface area (Å²) in [7, 11) is 0. The number of hydrogen-bond donors (Lipinski definition) is 1. The van der Waals surface area contributed by atoms with Crippen LogP contribution >= 0.6 is 15.9 Å². The third-order valence-corrected chi connectivity index (χ3v) is 3.28. The molecule has 0 aliphatic carbocycles. The van der Waals surface area contributed by atoms with E-state index in [4.69, 9.17) is 5.11 Å². The van der Waals surface area contributed by atoms with Gasteiger partial charge in [-0.3, -0.25) is 4.79 Å². The second-order valence-electron chi connectivity index (χ2n) is 4.23. The maximum atomic E-state index is 11.3. The second-order valence-corrected chi connectivity index (χ2v) is 5.09. The van der Waals surface area contributed by atoms with Crippen molar-refractivity contribution in [3.8, 4) is 0 Å². The van der Waals surface area contributed by atoms with Gasteiger partial charge in [0.25, 0.3) is 0 Å². The number of carbonyl (C=O) groups excluding carboxylic acids is 1. The molecule has 0 spiro atoms. The van der Waals surface area contributed by atoms with Gasteiger partial charge in [-0.15, -0.1) is 0 Å². The molecule has 0 radical (unpaired) electrons. The molecule has 0 unspecified atom stereocenters. The Morgan fingerprint density at radius 3 is 2.53 bits per heavy atom. The number of hydrogen-bond acceptors (Lipinski definition) is 3. The average molecular weight is 300 g/mol. The highest BCUT2D eigenvalue weighted by Gasteiger charge is 2.12. The topological polar surface area (TPSA) is 40.5 Å². The number of aliphatic hydroxyl groups is 1. The van der Waals surface area contributed by atoms with Crippen LogP contribution < -0.4 is 4.90 Å². The Kier molecular flexibility index (Phi) is 5.15. The molecule has 94 valence electrons. The lowest BCUT2D eigenvalue weighted by atomic mass is 10.1. The Hall–Kier alpha value is -0.870. The van der Waals surface area contributed by atoms with Crippen LogP contribution in [0.2, 0.25) is 0 Å². The zero-order valence-electron chi connectivity index (χ0n) is 10.4. The third kappa shape index (κ3) is 3.54. The number of rotatable bonds is 5. The highest BCUT2D eigenvalue weighted by atomic mass is 79.9. The number of carbonyl (C=O) groups is 1. The van der Waals surface area contributed by atoms with Crippen molar-refractivity contribution < 1.29 is 9.90 Å². The van der Waals surface area contributed by atoms with Crippen LogP contribution in [0.5, 0.6) is 0 Å². The summed E-state index contributed by atoms with van der Waals surface area (Å²) in [5.41, 5.74) is 1.69. The first kappa shape index (κ1) is 14.2. The molecule has 1 rings (SSSR count). The molecule has 0 aliphatic heterocycles. The summed E-state index contributed by atoms with van der Waals surface area (Å²) in [6, 6.07) is 5.95. The van der Waals surface area contributed by atoms with Crippen LogP contribution in [0.1, 0.15) is 31.1 Å². The Labute approximate surface area is 111 Å². The molecule has 3 nitrogen and oxygen atoms in total. The summed E-state index contributed by atoms with van der Waals surface area (Å²) in [5, 5.41) is 9.05. The first-order chi connectivity index (χ1) is 7.97. The molecule has 0 saturated heterocycles. The lowest BCUT2D eigenvalue weighted by molar-refractivity contribution is 0.101. The molecule has 4 heteroatoms. The predicted molar refractivity (Wildman–Crippen MR) is 73.7 cm³/mol. The predicted octanol–water partition coefficient (Wildman–Crippen LogP) is 2.86. The maximum absolute atomic E-state index is 11.3. The molecule has 1 aromatic carbocycles. The van der Waals surface area contributed by atoms with Crippen molar-refractivity contribution in [1.29, 1.82) is 0 Å². The number of aliphatic hydroxyl groups excluding tert-OH is 1. The van der Waals surface area contributed by atoms with E-state index < -0.39 is 0 Å². The van der Waals surface area contributed by atoms with Crippen LogP contribution in [-0.4, -0.2) is 30.1 Å². The number of benzene rings is 1. The Morgan fingerprint density at radius 1 is 1.47 bits per heavy atom. The fraction of sp³-hybridized carbons (Fsp3) is 0.462. The molecule has 1 N–H and O–H groups in total. The molecule has 0 aromatic heterocycles. The van der Waals surface area contributed by atoms with Crippen molar-refractivity contribution in [3.05, 3.63) is 28.2 Å². The molecule has 17 heavy (non-hydrogen) atoms. The monoisotopic (exact) mass is 299 g/mol.